The molecule has 1 saturated carbocycles. The molecule has 19 heavy (non-hydrogen) atoms. The number of hydrogen-bond donors (Lipinski definition) is 1. The number of benzene rings is 1. The van der Waals surface area contributed by atoms with Crippen LogP contribution < -0.4 is 10.1 Å². The molecule has 1 N–H and O–H groups in total. The van der Waals surface area contributed by atoms with Gasteiger partial charge in [-0.3, -0.25) is 0 Å². The van der Waals surface area contributed by atoms with Crippen molar-refractivity contribution in [2.75, 3.05) is 7.11 Å². The van der Waals surface area contributed by atoms with Gasteiger partial charge in [-0.05, 0) is 37.5 Å². The number of methoxy groups -OCH3 is 1. The predicted octanol–water partition coefficient (Wildman–Crippen LogP) is 4.02. The van der Waals surface area contributed by atoms with Crippen molar-refractivity contribution in [3.05, 3.63) is 35.9 Å². The van der Waals surface area contributed by atoms with Crippen molar-refractivity contribution < 1.29 is 4.74 Å². The summed E-state index contributed by atoms with van der Waals surface area (Å²) in [6, 6.07) is 9.32. The highest BCUT2D eigenvalue weighted by molar-refractivity contribution is 5.51. The highest BCUT2D eigenvalue weighted by Crippen LogP contribution is 2.18. The van der Waals surface area contributed by atoms with Crippen LogP contribution in [0.1, 0.15) is 44.6 Å². The molecule has 0 aliphatic heterocycles. The lowest BCUT2D eigenvalue weighted by Gasteiger charge is -2.25. The molecule has 2 heteroatoms. The molecule has 0 amide bonds. The van der Waals surface area contributed by atoms with Crippen LogP contribution in [0.15, 0.2) is 30.3 Å². The van der Waals surface area contributed by atoms with Crippen LogP contribution in [0, 0.1) is 0 Å². The van der Waals surface area contributed by atoms with Crippen molar-refractivity contribution in [2.24, 2.45) is 0 Å². The Morgan fingerprint density at radius 3 is 2.47 bits per heavy atom. The van der Waals surface area contributed by atoms with Crippen LogP contribution in [0.4, 0.5) is 0 Å². The second-order valence-electron chi connectivity index (χ2n) is 5.42. The van der Waals surface area contributed by atoms with Crippen molar-refractivity contribution >= 4 is 6.08 Å². The monoisotopic (exact) mass is 259 g/mol. The van der Waals surface area contributed by atoms with Gasteiger partial charge in [0.05, 0.1) is 7.11 Å². The van der Waals surface area contributed by atoms with Crippen LogP contribution in [0.3, 0.4) is 0 Å². The van der Waals surface area contributed by atoms with Crippen LogP contribution >= 0.6 is 0 Å². The van der Waals surface area contributed by atoms with Gasteiger partial charge >= 0.3 is 0 Å². The number of nitrogens with one attached hydrogen (secondary N) is 1. The van der Waals surface area contributed by atoms with Gasteiger partial charge in [-0.15, -0.1) is 0 Å². The maximum absolute atomic E-state index is 5.16. The van der Waals surface area contributed by atoms with E-state index in [0.29, 0.717) is 12.1 Å². The maximum Gasteiger partial charge on any atom is 0.118 e. The third-order valence-corrected chi connectivity index (χ3v) is 3.80. The molecular weight excluding hydrogens is 234 g/mol. The predicted molar refractivity (Wildman–Crippen MR) is 81.5 cm³/mol. The maximum atomic E-state index is 5.16. The first-order chi connectivity index (χ1) is 9.28. The SMILES string of the molecule is COc1ccc(/C=C\C(C)NC2CCCCC2)cc1. The Morgan fingerprint density at radius 2 is 1.84 bits per heavy atom. The highest BCUT2D eigenvalue weighted by Gasteiger charge is 2.13. The normalized spacial score (nSPS) is 18.6. The zero-order chi connectivity index (χ0) is 13.5. The molecule has 0 saturated heterocycles. The summed E-state index contributed by atoms with van der Waals surface area (Å²) in [5.74, 6) is 0.908. The van der Waals surface area contributed by atoms with Gasteiger partial charge in [0.15, 0.2) is 0 Å². The number of ether oxygens (including phenoxy) is 1. The molecule has 104 valence electrons. The van der Waals surface area contributed by atoms with E-state index in [4.69, 9.17) is 4.74 Å². The van der Waals surface area contributed by atoms with E-state index in [9.17, 15) is 0 Å². The van der Waals surface area contributed by atoms with Gasteiger partial charge in [0, 0.05) is 12.1 Å². The molecule has 2 rings (SSSR count). The minimum absolute atomic E-state index is 0.435. The summed E-state index contributed by atoms with van der Waals surface area (Å²) in [5, 5.41) is 3.70. The van der Waals surface area contributed by atoms with Crippen molar-refractivity contribution in [2.45, 2.75) is 51.1 Å². The fraction of sp³-hybridized carbons (Fsp3) is 0.529. The lowest BCUT2D eigenvalue weighted by molar-refractivity contribution is 0.362. The molecule has 1 aliphatic carbocycles. The standard InChI is InChI=1S/C17H25NO/c1-14(18-16-6-4-3-5-7-16)8-9-15-10-12-17(19-2)13-11-15/h8-14,16,18H,3-7H2,1-2H3/b9-8-. The Morgan fingerprint density at radius 1 is 1.16 bits per heavy atom. The molecule has 1 atom stereocenters. The van der Waals surface area contributed by atoms with Gasteiger partial charge in [-0.2, -0.15) is 0 Å². The molecule has 0 radical (unpaired) electrons. The van der Waals surface area contributed by atoms with Crippen LogP contribution in [-0.2, 0) is 0 Å². The third-order valence-electron chi connectivity index (χ3n) is 3.80. The fourth-order valence-electron chi connectivity index (χ4n) is 2.67. The second-order valence-corrected chi connectivity index (χ2v) is 5.42. The molecule has 1 aromatic rings. The Kier molecular flexibility index (Phi) is 5.46. The van der Waals surface area contributed by atoms with Gasteiger partial charge in [0.25, 0.3) is 0 Å². The minimum Gasteiger partial charge on any atom is -0.497 e. The Bertz CT molecular complexity index is 390. The highest BCUT2D eigenvalue weighted by atomic mass is 16.5. The van der Waals surface area contributed by atoms with E-state index in [-0.39, 0.29) is 0 Å². The Balaban J connectivity index is 1.82. The van der Waals surface area contributed by atoms with Crippen molar-refractivity contribution in [1.29, 1.82) is 0 Å². The molecule has 1 aromatic carbocycles. The van der Waals surface area contributed by atoms with E-state index in [1.165, 1.54) is 37.7 Å². The summed E-state index contributed by atoms with van der Waals surface area (Å²) in [5.41, 5.74) is 1.22. The van der Waals surface area contributed by atoms with Crippen LogP contribution in [-0.4, -0.2) is 19.2 Å². The molecular formula is C17H25NO. The summed E-state index contributed by atoms with van der Waals surface area (Å²) in [4.78, 5) is 0. The average molecular weight is 259 g/mol. The van der Waals surface area contributed by atoms with Crippen LogP contribution in [0.25, 0.3) is 6.08 Å². The zero-order valence-corrected chi connectivity index (χ0v) is 12.1. The fourth-order valence-corrected chi connectivity index (χ4v) is 2.67. The summed E-state index contributed by atoms with van der Waals surface area (Å²) in [6.45, 7) is 2.23. The first-order valence-corrected chi connectivity index (χ1v) is 7.36. The van der Waals surface area contributed by atoms with E-state index in [1.807, 2.05) is 12.1 Å². The van der Waals surface area contributed by atoms with E-state index in [1.54, 1.807) is 7.11 Å². The zero-order valence-electron chi connectivity index (χ0n) is 12.1. The van der Waals surface area contributed by atoms with Crippen molar-refractivity contribution in [1.82, 2.24) is 5.32 Å². The molecule has 1 unspecified atom stereocenters. The van der Waals surface area contributed by atoms with E-state index in [2.05, 4.69) is 36.5 Å². The summed E-state index contributed by atoms with van der Waals surface area (Å²) >= 11 is 0. The molecule has 0 aromatic heterocycles. The minimum atomic E-state index is 0.435. The van der Waals surface area contributed by atoms with Gasteiger partial charge in [0.2, 0.25) is 0 Å². The quantitative estimate of drug-likeness (QED) is 0.862. The van der Waals surface area contributed by atoms with Crippen molar-refractivity contribution in [3.63, 3.8) is 0 Å². The Hall–Kier alpha value is -1.28. The van der Waals surface area contributed by atoms with E-state index >= 15 is 0 Å². The lowest BCUT2D eigenvalue weighted by atomic mass is 9.95. The summed E-state index contributed by atoms with van der Waals surface area (Å²) in [6.07, 6.45) is 11.3. The van der Waals surface area contributed by atoms with Crippen molar-refractivity contribution in [3.8, 4) is 5.75 Å². The third kappa shape index (κ3) is 4.71. The summed E-state index contributed by atoms with van der Waals surface area (Å²) < 4.78 is 5.16. The van der Waals surface area contributed by atoms with Gasteiger partial charge < -0.3 is 10.1 Å². The first kappa shape index (κ1) is 14.1. The van der Waals surface area contributed by atoms with E-state index < -0.39 is 0 Å². The number of hydrogen-bond acceptors (Lipinski definition) is 2. The lowest BCUT2D eigenvalue weighted by Crippen LogP contribution is -2.36. The topological polar surface area (TPSA) is 21.3 Å². The Labute approximate surface area is 116 Å². The first-order valence-electron chi connectivity index (χ1n) is 7.36. The largest absolute Gasteiger partial charge is 0.497 e. The summed E-state index contributed by atoms with van der Waals surface area (Å²) in [7, 11) is 1.70. The van der Waals surface area contributed by atoms with Crippen LogP contribution in [0.2, 0.25) is 0 Å². The molecule has 0 spiro atoms. The van der Waals surface area contributed by atoms with Gasteiger partial charge in [-0.1, -0.05) is 43.5 Å². The second kappa shape index (κ2) is 7.34. The molecule has 2 nitrogen and oxygen atoms in total. The van der Waals surface area contributed by atoms with Crippen LogP contribution in [0.5, 0.6) is 5.75 Å². The molecule has 0 bridgehead atoms. The average Bonchev–Trinajstić information content (AvgIpc) is 2.47. The van der Waals surface area contributed by atoms with Gasteiger partial charge in [0.1, 0.15) is 5.75 Å². The smallest absolute Gasteiger partial charge is 0.118 e. The molecule has 0 heterocycles. The number of rotatable bonds is 5. The van der Waals surface area contributed by atoms with Gasteiger partial charge in [-0.25, -0.2) is 0 Å². The molecule has 1 fully saturated rings. The van der Waals surface area contributed by atoms with E-state index in [0.717, 1.165) is 5.75 Å². The molecule has 1 aliphatic rings.